The molecule has 0 aliphatic carbocycles. The third-order valence-electron chi connectivity index (χ3n) is 2.53. The lowest BCUT2D eigenvalue weighted by atomic mass is 10.2. The molecule has 0 radical (unpaired) electrons. The Balaban J connectivity index is 2.31. The van der Waals surface area contributed by atoms with Crippen LogP contribution >= 0.6 is 22.9 Å². The lowest BCUT2D eigenvalue weighted by molar-refractivity contribution is 0.0992. The molecule has 2 rings (SSSR count). The van der Waals surface area contributed by atoms with Gasteiger partial charge in [-0.3, -0.25) is 4.79 Å². The van der Waals surface area contributed by atoms with Crippen molar-refractivity contribution in [3.05, 3.63) is 45.6 Å². The highest BCUT2D eigenvalue weighted by atomic mass is 35.5. The molecule has 1 heterocycles. The number of thiophene rings is 1. The smallest absolute Gasteiger partial charge is 0.268 e. The van der Waals surface area contributed by atoms with E-state index in [1.54, 1.807) is 29.2 Å². The van der Waals surface area contributed by atoms with E-state index in [4.69, 9.17) is 17.3 Å². The van der Waals surface area contributed by atoms with E-state index in [9.17, 15) is 4.79 Å². The van der Waals surface area contributed by atoms with Gasteiger partial charge in [-0.25, -0.2) is 0 Å². The van der Waals surface area contributed by atoms with Crippen molar-refractivity contribution in [1.29, 1.82) is 0 Å². The molecule has 0 aliphatic heterocycles. The summed E-state index contributed by atoms with van der Waals surface area (Å²) in [4.78, 5) is 14.6. The molecule has 0 bridgehead atoms. The highest BCUT2D eigenvalue weighted by Gasteiger charge is 2.17. The number of nitrogens with zero attached hydrogens (tertiary/aromatic N) is 1. The number of benzene rings is 1. The first-order valence-electron chi connectivity index (χ1n) is 5.54. The minimum Gasteiger partial charge on any atom is -0.399 e. The number of anilines is 2. The Kier molecular flexibility index (Phi) is 3.89. The molecule has 1 aromatic heterocycles. The van der Waals surface area contributed by atoms with Gasteiger partial charge in [0.1, 0.15) is 0 Å². The molecule has 0 atom stereocenters. The molecule has 0 saturated heterocycles. The topological polar surface area (TPSA) is 46.3 Å². The molecule has 3 nitrogen and oxygen atoms in total. The van der Waals surface area contributed by atoms with Crippen LogP contribution < -0.4 is 10.6 Å². The van der Waals surface area contributed by atoms with Crippen LogP contribution in [0.2, 0.25) is 4.34 Å². The summed E-state index contributed by atoms with van der Waals surface area (Å²) in [5.74, 6) is -0.0556. The normalized spacial score (nSPS) is 10.3. The van der Waals surface area contributed by atoms with Gasteiger partial charge in [0.15, 0.2) is 0 Å². The summed E-state index contributed by atoms with van der Waals surface area (Å²) in [5, 5.41) is 0. The second-order valence-electron chi connectivity index (χ2n) is 3.75. The van der Waals surface area contributed by atoms with Crippen molar-refractivity contribution < 1.29 is 4.79 Å². The van der Waals surface area contributed by atoms with Crippen LogP contribution in [0.15, 0.2) is 36.4 Å². The van der Waals surface area contributed by atoms with E-state index >= 15 is 0 Å². The zero-order chi connectivity index (χ0) is 13.1. The van der Waals surface area contributed by atoms with E-state index in [2.05, 4.69) is 0 Å². The molecular formula is C13H13ClN2OS. The van der Waals surface area contributed by atoms with Crippen molar-refractivity contribution in [3.8, 4) is 0 Å². The third kappa shape index (κ3) is 2.66. The highest BCUT2D eigenvalue weighted by Crippen LogP contribution is 2.25. The Morgan fingerprint density at radius 2 is 2.17 bits per heavy atom. The molecule has 1 aromatic carbocycles. The quantitative estimate of drug-likeness (QED) is 0.873. The number of nitrogen functional groups attached to an aromatic ring is 1. The van der Waals surface area contributed by atoms with Crippen molar-refractivity contribution in [2.45, 2.75) is 6.92 Å². The van der Waals surface area contributed by atoms with Crippen LogP contribution in [0.1, 0.15) is 16.6 Å². The molecule has 2 N–H and O–H groups in total. The maximum atomic E-state index is 12.3. The van der Waals surface area contributed by atoms with Crippen molar-refractivity contribution in [1.82, 2.24) is 0 Å². The lowest BCUT2D eigenvalue weighted by Crippen LogP contribution is -2.29. The van der Waals surface area contributed by atoms with E-state index < -0.39 is 0 Å². The van der Waals surface area contributed by atoms with Gasteiger partial charge in [-0.15, -0.1) is 11.3 Å². The average Bonchev–Trinajstić information content (AvgIpc) is 2.77. The Morgan fingerprint density at radius 1 is 1.39 bits per heavy atom. The molecule has 0 unspecified atom stereocenters. The summed E-state index contributed by atoms with van der Waals surface area (Å²) in [5.41, 5.74) is 7.18. The van der Waals surface area contributed by atoms with E-state index in [0.29, 0.717) is 21.4 Å². The number of carbonyl (C=O) groups is 1. The molecule has 5 heteroatoms. The van der Waals surface area contributed by atoms with Crippen LogP contribution in [0.3, 0.4) is 0 Å². The SMILES string of the molecule is CCN(C(=O)c1ccc(Cl)s1)c1cccc(N)c1. The molecule has 0 spiro atoms. The first kappa shape index (κ1) is 12.9. The second kappa shape index (κ2) is 5.42. The predicted octanol–water partition coefficient (Wildman–Crippen LogP) is 3.65. The third-order valence-corrected chi connectivity index (χ3v) is 3.75. The van der Waals surface area contributed by atoms with Crippen molar-refractivity contribution >= 4 is 40.2 Å². The summed E-state index contributed by atoms with van der Waals surface area (Å²) in [6.07, 6.45) is 0. The largest absolute Gasteiger partial charge is 0.399 e. The van der Waals surface area contributed by atoms with Gasteiger partial charge in [0.05, 0.1) is 9.21 Å². The Labute approximate surface area is 115 Å². The number of halogens is 1. The first-order chi connectivity index (χ1) is 8.61. The standard InChI is InChI=1S/C13H13ClN2OS/c1-2-16(10-5-3-4-9(15)8-10)13(17)11-6-7-12(14)18-11/h3-8H,2,15H2,1H3. The zero-order valence-corrected chi connectivity index (χ0v) is 11.5. The van der Waals surface area contributed by atoms with Crippen molar-refractivity contribution in [2.75, 3.05) is 17.2 Å². The number of amides is 1. The van der Waals surface area contributed by atoms with Gasteiger partial charge in [0.25, 0.3) is 5.91 Å². The van der Waals surface area contributed by atoms with E-state index in [1.807, 2.05) is 19.1 Å². The Morgan fingerprint density at radius 3 is 2.72 bits per heavy atom. The van der Waals surface area contributed by atoms with Crippen molar-refractivity contribution in [3.63, 3.8) is 0 Å². The first-order valence-corrected chi connectivity index (χ1v) is 6.74. The number of rotatable bonds is 3. The predicted molar refractivity (Wildman–Crippen MR) is 77.5 cm³/mol. The van der Waals surface area contributed by atoms with Crippen molar-refractivity contribution in [2.24, 2.45) is 0 Å². The van der Waals surface area contributed by atoms with Crippen LogP contribution in [-0.4, -0.2) is 12.5 Å². The Bertz CT molecular complexity index is 568. The van der Waals surface area contributed by atoms with E-state index in [-0.39, 0.29) is 5.91 Å². The van der Waals surface area contributed by atoms with Crippen LogP contribution in [-0.2, 0) is 0 Å². The molecular weight excluding hydrogens is 268 g/mol. The fourth-order valence-corrected chi connectivity index (χ4v) is 2.69. The summed E-state index contributed by atoms with van der Waals surface area (Å²) in [6, 6.07) is 10.8. The molecule has 0 aliphatic rings. The number of carbonyl (C=O) groups excluding carboxylic acids is 1. The number of hydrogen-bond donors (Lipinski definition) is 1. The number of hydrogen-bond acceptors (Lipinski definition) is 3. The van der Waals surface area contributed by atoms with Crippen LogP contribution in [0.25, 0.3) is 0 Å². The maximum absolute atomic E-state index is 12.3. The summed E-state index contributed by atoms with van der Waals surface area (Å²) < 4.78 is 0.613. The van der Waals surface area contributed by atoms with Gasteiger partial charge in [0.2, 0.25) is 0 Å². The van der Waals surface area contributed by atoms with Crippen LogP contribution in [0.4, 0.5) is 11.4 Å². The van der Waals surface area contributed by atoms with Gasteiger partial charge in [-0.2, -0.15) is 0 Å². The fourth-order valence-electron chi connectivity index (χ4n) is 1.70. The minimum absolute atomic E-state index is 0.0556. The van der Waals surface area contributed by atoms with Crippen LogP contribution in [0, 0.1) is 0 Å². The van der Waals surface area contributed by atoms with Gasteiger partial charge < -0.3 is 10.6 Å². The minimum atomic E-state index is -0.0556. The average molecular weight is 281 g/mol. The lowest BCUT2D eigenvalue weighted by Gasteiger charge is -2.20. The second-order valence-corrected chi connectivity index (χ2v) is 5.46. The van der Waals surface area contributed by atoms with Crippen LogP contribution in [0.5, 0.6) is 0 Å². The Hall–Kier alpha value is -1.52. The van der Waals surface area contributed by atoms with Gasteiger partial charge in [-0.1, -0.05) is 17.7 Å². The molecule has 94 valence electrons. The molecule has 0 fully saturated rings. The summed E-state index contributed by atoms with van der Waals surface area (Å²) in [7, 11) is 0. The molecule has 0 saturated carbocycles. The van der Waals surface area contributed by atoms with Gasteiger partial charge >= 0.3 is 0 Å². The number of nitrogens with two attached hydrogens (primary N) is 1. The summed E-state index contributed by atoms with van der Waals surface area (Å²) in [6.45, 7) is 2.51. The zero-order valence-electron chi connectivity index (χ0n) is 9.89. The molecule has 1 amide bonds. The highest BCUT2D eigenvalue weighted by molar-refractivity contribution is 7.18. The maximum Gasteiger partial charge on any atom is 0.268 e. The molecule has 2 aromatic rings. The molecule has 18 heavy (non-hydrogen) atoms. The monoisotopic (exact) mass is 280 g/mol. The van der Waals surface area contributed by atoms with Gasteiger partial charge in [0, 0.05) is 17.9 Å². The fraction of sp³-hybridized carbons (Fsp3) is 0.154. The summed E-state index contributed by atoms with van der Waals surface area (Å²) >= 11 is 7.13. The van der Waals surface area contributed by atoms with E-state index in [1.165, 1.54) is 11.3 Å². The van der Waals surface area contributed by atoms with E-state index in [0.717, 1.165) is 5.69 Å². The van der Waals surface area contributed by atoms with Gasteiger partial charge in [-0.05, 0) is 37.3 Å².